The van der Waals surface area contributed by atoms with Crippen molar-refractivity contribution in [3.05, 3.63) is 58.6 Å². The van der Waals surface area contributed by atoms with Crippen LogP contribution in [0.15, 0.2) is 47.4 Å². The number of hydrogen-bond donors (Lipinski definition) is 1. The lowest BCUT2D eigenvalue weighted by Crippen LogP contribution is -2.34. The molecule has 1 atom stereocenters. The molecule has 1 unspecified atom stereocenters. The van der Waals surface area contributed by atoms with Gasteiger partial charge in [0.25, 0.3) is 5.91 Å². The van der Waals surface area contributed by atoms with Gasteiger partial charge in [-0.25, -0.2) is 0 Å². The van der Waals surface area contributed by atoms with Crippen molar-refractivity contribution in [1.29, 1.82) is 0 Å². The van der Waals surface area contributed by atoms with Crippen molar-refractivity contribution < 1.29 is 9.53 Å². The summed E-state index contributed by atoms with van der Waals surface area (Å²) >= 11 is 7.73. The fraction of sp³-hybridized carbons (Fsp3) is 0.278. The lowest BCUT2D eigenvalue weighted by Gasteiger charge is -2.25. The maximum atomic E-state index is 12.4. The number of fused-ring (bicyclic) bond motifs is 1. The van der Waals surface area contributed by atoms with Crippen LogP contribution in [-0.4, -0.2) is 25.3 Å². The van der Waals surface area contributed by atoms with E-state index in [1.54, 1.807) is 17.8 Å². The number of carbonyl (C=O) groups is 1. The molecule has 1 heterocycles. The van der Waals surface area contributed by atoms with Gasteiger partial charge in [-0.05, 0) is 42.5 Å². The highest BCUT2D eigenvalue weighted by Gasteiger charge is 2.20. The molecule has 1 N–H and O–H groups in total. The highest BCUT2D eigenvalue weighted by molar-refractivity contribution is 7.98. The average Bonchev–Trinajstić information content (AvgIpc) is 2.60. The zero-order valence-electron chi connectivity index (χ0n) is 12.8. The normalized spacial score (nSPS) is 16.3. The predicted octanol–water partition coefficient (Wildman–Crippen LogP) is 4.04. The number of amides is 1. The van der Waals surface area contributed by atoms with Gasteiger partial charge in [-0.2, -0.15) is 0 Å². The van der Waals surface area contributed by atoms with E-state index in [1.807, 2.05) is 36.6 Å². The Bertz CT molecular complexity index is 720. The monoisotopic (exact) mass is 347 g/mol. The van der Waals surface area contributed by atoms with Gasteiger partial charge in [-0.15, -0.1) is 11.8 Å². The van der Waals surface area contributed by atoms with Crippen LogP contribution in [0.25, 0.3) is 0 Å². The standard InChI is InChI=1S/C18H18ClNO2S/c1-23-14-6-7-16(19)15(9-14)18(21)20-10-12-8-13-4-2-3-5-17(13)22-11-12/h2-7,9,12H,8,10-11H2,1H3,(H,20,21). The number of thioether (sulfide) groups is 1. The Labute approximate surface area is 145 Å². The summed E-state index contributed by atoms with van der Waals surface area (Å²) in [5.74, 6) is 1.09. The minimum atomic E-state index is -0.134. The quantitative estimate of drug-likeness (QED) is 0.848. The molecule has 23 heavy (non-hydrogen) atoms. The summed E-state index contributed by atoms with van der Waals surface area (Å²) in [6, 6.07) is 13.5. The summed E-state index contributed by atoms with van der Waals surface area (Å²) < 4.78 is 5.75. The van der Waals surface area contributed by atoms with Crippen molar-refractivity contribution in [2.75, 3.05) is 19.4 Å². The van der Waals surface area contributed by atoms with Crippen molar-refractivity contribution in [3.63, 3.8) is 0 Å². The lowest BCUT2D eigenvalue weighted by atomic mass is 9.96. The van der Waals surface area contributed by atoms with Crippen LogP contribution in [0.2, 0.25) is 5.02 Å². The van der Waals surface area contributed by atoms with Gasteiger partial charge in [-0.1, -0.05) is 29.8 Å². The van der Waals surface area contributed by atoms with Gasteiger partial charge >= 0.3 is 0 Å². The predicted molar refractivity (Wildman–Crippen MR) is 94.7 cm³/mol. The molecular formula is C18H18ClNO2S. The fourth-order valence-corrected chi connectivity index (χ4v) is 3.30. The number of hydrogen-bond acceptors (Lipinski definition) is 3. The minimum absolute atomic E-state index is 0.134. The second kappa shape index (κ2) is 7.28. The highest BCUT2D eigenvalue weighted by Crippen LogP contribution is 2.27. The molecule has 0 spiro atoms. The Kier molecular flexibility index (Phi) is 5.13. The van der Waals surface area contributed by atoms with Crippen LogP contribution >= 0.6 is 23.4 Å². The summed E-state index contributed by atoms with van der Waals surface area (Å²) in [7, 11) is 0. The molecular weight excluding hydrogens is 330 g/mol. The molecule has 0 bridgehead atoms. The first-order chi connectivity index (χ1) is 11.2. The van der Waals surface area contributed by atoms with Gasteiger partial charge in [0, 0.05) is 17.4 Å². The number of para-hydroxylation sites is 1. The molecule has 2 aromatic carbocycles. The summed E-state index contributed by atoms with van der Waals surface area (Å²) in [5.41, 5.74) is 1.72. The van der Waals surface area contributed by atoms with Crippen LogP contribution in [0.1, 0.15) is 15.9 Å². The smallest absolute Gasteiger partial charge is 0.252 e. The minimum Gasteiger partial charge on any atom is -0.493 e. The van der Waals surface area contributed by atoms with Crippen LogP contribution < -0.4 is 10.1 Å². The van der Waals surface area contributed by atoms with Crippen LogP contribution in [-0.2, 0) is 6.42 Å². The van der Waals surface area contributed by atoms with Crippen LogP contribution in [0.4, 0.5) is 0 Å². The summed E-state index contributed by atoms with van der Waals surface area (Å²) in [6.45, 7) is 1.20. The lowest BCUT2D eigenvalue weighted by molar-refractivity contribution is 0.0939. The van der Waals surface area contributed by atoms with Crippen LogP contribution in [0, 0.1) is 5.92 Å². The van der Waals surface area contributed by atoms with E-state index in [-0.39, 0.29) is 11.8 Å². The largest absolute Gasteiger partial charge is 0.493 e. The highest BCUT2D eigenvalue weighted by atomic mass is 35.5. The van der Waals surface area contributed by atoms with Gasteiger partial charge < -0.3 is 10.1 Å². The first-order valence-electron chi connectivity index (χ1n) is 7.50. The molecule has 0 saturated heterocycles. The van der Waals surface area contributed by atoms with Crippen molar-refractivity contribution in [1.82, 2.24) is 5.32 Å². The zero-order chi connectivity index (χ0) is 16.2. The Balaban J connectivity index is 1.62. The molecule has 0 aliphatic carbocycles. The molecule has 1 amide bonds. The van der Waals surface area contributed by atoms with Crippen molar-refractivity contribution in [2.45, 2.75) is 11.3 Å². The Morgan fingerprint density at radius 3 is 3.00 bits per heavy atom. The van der Waals surface area contributed by atoms with Crippen molar-refractivity contribution in [2.24, 2.45) is 5.92 Å². The number of nitrogens with one attached hydrogen (secondary N) is 1. The van der Waals surface area contributed by atoms with Gasteiger partial charge in [-0.3, -0.25) is 4.79 Å². The Morgan fingerprint density at radius 1 is 1.35 bits per heavy atom. The van der Waals surface area contributed by atoms with Crippen molar-refractivity contribution >= 4 is 29.3 Å². The number of rotatable bonds is 4. The SMILES string of the molecule is CSc1ccc(Cl)c(C(=O)NCC2COc3ccccc3C2)c1. The molecule has 2 aromatic rings. The maximum absolute atomic E-state index is 12.4. The van der Waals surface area contributed by atoms with Crippen molar-refractivity contribution in [3.8, 4) is 5.75 Å². The van der Waals surface area contributed by atoms with Crippen LogP contribution in [0.5, 0.6) is 5.75 Å². The third-order valence-corrected chi connectivity index (χ3v) is 4.98. The maximum Gasteiger partial charge on any atom is 0.252 e. The molecule has 120 valence electrons. The molecule has 0 aromatic heterocycles. The topological polar surface area (TPSA) is 38.3 Å². The first-order valence-corrected chi connectivity index (χ1v) is 9.10. The summed E-state index contributed by atoms with van der Waals surface area (Å²) in [5, 5.41) is 3.46. The number of benzene rings is 2. The van der Waals surface area contributed by atoms with Gasteiger partial charge in [0.1, 0.15) is 5.75 Å². The molecule has 0 fully saturated rings. The Morgan fingerprint density at radius 2 is 2.17 bits per heavy atom. The third kappa shape index (κ3) is 3.82. The average molecular weight is 348 g/mol. The second-order valence-electron chi connectivity index (χ2n) is 5.54. The van der Waals surface area contributed by atoms with E-state index in [4.69, 9.17) is 16.3 Å². The zero-order valence-corrected chi connectivity index (χ0v) is 14.4. The van der Waals surface area contributed by atoms with E-state index >= 15 is 0 Å². The van der Waals surface area contributed by atoms with Gasteiger partial charge in [0.05, 0.1) is 17.2 Å². The second-order valence-corrected chi connectivity index (χ2v) is 6.83. The van der Waals surface area contributed by atoms with Crippen LogP contribution in [0.3, 0.4) is 0 Å². The van der Waals surface area contributed by atoms with Gasteiger partial charge in [0.15, 0.2) is 0 Å². The molecule has 0 saturated carbocycles. The van der Waals surface area contributed by atoms with E-state index in [0.717, 1.165) is 17.1 Å². The van der Waals surface area contributed by atoms with E-state index < -0.39 is 0 Å². The molecule has 0 radical (unpaired) electrons. The summed E-state index contributed by atoms with van der Waals surface area (Å²) in [4.78, 5) is 13.4. The molecule has 3 nitrogen and oxygen atoms in total. The van der Waals surface area contributed by atoms with Gasteiger partial charge in [0.2, 0.25) is 0 Å². The molecule has 1 aliphatic heterocycles. The van der Waals surface area contributed by atoms with E-state index in [1.165, 1.54) is 5.56 Å². The Hall–Kier alpha value is -1.65. The van der Waals surface area contributed by atoms with E-state index in [9.17, 15) is 4.79 Å². The molecule has 5 heteroatoms. The molecule has 3 rings (SSSR count). The van der Waals surface area contributed by atoms with E-state index in [0.29, 0.717) is 23.7 Å². The third-order valence-electron chi connectivity index (χ3n) is 3.93. The fourth-order valence-electron chi connectivity index (χ4n) is 2.66. The molecule has 1 aliphatic rings. The van der Waals surface area contributed by atoms with E-state index in [2.05, 4.69) is 11.4 Å². The number of halogens is 1. The number of carbonyl (C=O) groups excluding carboxylic acids is 1. The first kappa shape index (κ1) is 16.2. The number of ether oxygens (including phenoxy) is 1. The summed E-state index contributed by atoms with van der Waals surface area (Å²) in [6.07, 6.45) is 2.89.